The Kier molecular flexibility index (Phi) is 2.47. The number of aliphatic hydroxyl groups is 1. The van der Waals surface area contributed by atoms with Crippen LogP contribution in [0.1, 0.15) is 33.1 Å². The molecule has 2 saturated carbocycles. The summed E-state index contributed by atoms with van der Waals surface area (Å²) in [6, 6.07) is 0. The molecule has 1 N–H and O–H groups in total. The Hall–Kier alpha value is -0.560. The highest BCUT2D eigenvalue weighted by Gasteiger charge is 2.49. The van der Waals surface area contributed by atoms with Crippen LogP contribution in [0.15, 0.2) is 23.8 Å². The van der Waals surface area contributed by atoms with Gasteiger partial charge in [0, 0.05) is 0 Å². The Morgan fingerprint density at radius 2 is 2.25 bits per heavy atom. The first-order valence-electron chi connectivity index (χ1n) is 6.72. The van der Waals surface area contributed by atoms with Crippen molar-refractivity contribution in [3.63, 3.8) is 0 Å². The average molecular weight is 218 g/mol. The molecule has 0 saturated heterocycles. The van der Waals surface area contributed by atoms with E-state index in [0.717, 1.165) is 23.7 Å². The highest BCUT2D eigenvalue weighted by atomic mass is 16.3. The molecule has 3 aliphatic carbocycles. The largest absolute Gasteiger partial charge is 0.393 e. The molecule has 2 fully saturated rings. The third-order valence-corrected chi connectivity index (χ3v) is 5.10. The summed E-state index contributed by atoms with van der Waals surface area (Å²) < 4.78 is 0. The molecule has 3 aliphatic rings. The third-order valence-electron chi connectivity index (χ3n) is 5.10. The van der Waals surface area contributed by atoms with Gasteiger partial charge in [-0.05, 0) is 55.8 Å². The van der Waals surface area contributed by atoms with E-state index in [1.54, 1.807) is 5.57 Å². The maximum absolute atomic E-state index is 9.58. The minimum Gasteiger partial charge on any atom is -0.393 e. The van der Waals surface area contributed by atoms with Crippen molar-refractivity contribution in [2.75, 3.05) is 0 Å². The van der Waals surface area contributed by atoms with Crippen molar-refractivity contribution in [2.45, 2.75) is 39.2 Å². The summed E-state index contributed by atoms with van der Waals surface area (Å²) in [4.78, 5) is 0. The first kappa shape index (κ1) is 10.6. The Morgan fingerprint density at radius 1 is 1.44 bits per heavy atom. The number of hydrogen-bond acceptors (Lipinski definition) is 1. The van der Waals surface area contributed by atoms with Gasteiger partial charge >= 0.3 is 0 Å². The normalized spacial score (nSPS) is 46.3. The quantitative estimate of drug-likeness (QED) is 0.706. The number of allylic oxidation sites excluding steroid dienone is 3. The predicted octanol–water partition coefficient (Wildman–Crippen LogP) is 3.16. The van der Waals surface area contributed by atoms with Crippen molar-refractivity contribution in [2.24, 2.45) is 29.6 Å². The van der Waals surface area contributed by atoms with Crippen LogP contribution in [0.4, 0.5) is 0 Å². The van der Waals surface area contributed by atoms with Crippen LogP contribution >= 0.6 is 0 Å². The monoisotopic (exact) mass is 218 g/mol. The van der Waals surface area contributed by atoms with Crippen LogP contribution < -0.4 is 0 Å². The molecule has 2 bridgehead atoms. The molecule has 16 heavy (non-hydrogen) atoms. The molecule has 6 atom stereocenters. The maximum atomic E-state index is 9.58. The van der Waals surface area contributed by atoms with E-state index < -0.39 is 0 Å². The lowest BCUT2D eigenvalue weighted by atomic mass is 9.78. The smallest absolute Gasteiger partial charge is 0.0572 e. The molecular formula is C15H22O. The van der Waals surface area contributed by atoms with Crippen molar-refractivity contribution in [3.05, 3.63) is 23.8 Å². The van der Waals surface area contributed by atoms with E-state index >= 15 is 0 Å². The topological polar surface area (TPSA) is 20.2 Å². The van der Waals surface area contributed by atoms with Crippen molar-refractivity contribution in [1.29, 1.82) is 0 Å². The summed E-state index contributed by atoms with van der Waals surface area (Å²) in [5.41, 5.74) is 1.64. The zero-order valence-corrected chi connectivity index (χ0v) is 10.3. The molecule has 0 aromatic rings. The molecule has 0 radical (unpaired) electrons. The molecule has 1 heteroatoms. The molecule has 0 spiro atoms. The first-order chi connectivity index (χ1) is 7.66. The van der Waals surface area contributed by atoms with E-state index in [9.17, 15) is 5.11 Å². The van der Waals surface area contributed by atoms with Gasteiger partial charge in [0.05, 0.1) is 6.10 Å². The molecule has 0 aromatic carbocycles. The second-order valence-corrected chi connectivity index (χ2v) is 6.05. The summed E-state index contributed by atoms with van der Waals surface area (Å²) in [5.74, 6) is 3.88. The number of hydrogen-bond donors (Lipinski definition) is 1. The summed E-state index contributed by atoms with van der Waals surface area (Å²) in [5, 5.41) is 9.58. The Morgan fingerprint density at radius 3 is 3.00 bits per heavy atom. The fraction of sp³-hybridized carbons (Fsp3) is 0.733. The summed E-state index contributed by atoms with van der Waals surface area (Å²) in [6.07, 6.45) is 11.0. The summed E-state index contributed by atoms with van der Waals surface area (Å²) >= 11 is 0. The van der Waals surface area contributed by atoms with E-state index in [0.29, 0.717) is 5.92 Å². The average Bonchev–Trinajstić information content (AvgIpc) is 2.87. The van der Waals surface area contributed by atoms with Crippen LogP contribution in [0.2, 0.25) is 0 Å². The minimum absolute atomic E-state index is 0.207. The van der Waals surface area contributed by atoms with Gasteiger partial charge in [0.15, 0.2) is 0 Å². The van der Waals surface area contributed by atoms with E-state index in [2.05, 4.69) is 25.2 Å². The van der Waals surface area contributed by atoms with E-state index in [1.807, 2.05) is 6.92 Å². The van der Waals surface area contributed by atoms with Gasteiger partial charge < -0.3 is 5.11 Å². The zero-order chi connectivity index (χ0) is 11.3. The number of fused-ring (bicyclic) bond motifs is 5. The van der Waals surface area contributed by atoms with Crippen LogP contribution in [-0.2, 0) is 0 Å². The van der Waals surface area contributed by atoms with Crippen LogP contribution in [-0.4, -0.2) is 11.2 Å². The first-order valence-corrected chi connectivity index (χ1v) is 6.72. The van der Waals surface area contributed by atoms with Crippen molar-refractivity contribution in [3.8, 4) is 0 Å². The number of rotatable bonds is 2. The molecule has 1 nitrogen and oxygen atoms in total. The van der Waals surface area contributed by atoms with Gasteiger partial charge in [0.2, 0.25) is 0 Å². The molecule has 0 amide bonds. The third kappa shape index (κ3) is 1.48. The van der Waals surface area contributed by atoms with E-state index in [4.69, 9.17) is 0 Å². The lowest BCUT2D eigenvalue weighted by Gasteiger charge is -2.27. The van der Waals surface area contributed by atoms with Crippen LogP contribution in [0.25, 0.3) is 0 Å². The highest BCUT2D eigenvalue weighted by Crippen LogP contribution is 2.58. The van der Waals surface area contributed by atoms with Gasteiger partial charge in [-0.3, -0.25) is 0 Å². The van der Waals surface area contributed by atoms with Crippen molar-refractivity contribution < 1.29 is 5.11 Å². The number of aliphatic hydroxyl groups excluding tert-OH is 1. The maximum Gasteiger partial charge on any atom is 0.0572 e. The molecule has 3 rings (SSSR count). The highest BCUT2D eigenvalue weighted by molar-refractivity contribution is 5.27. The molecule has 0 heterocycles. The lowest BCUT2D eigenvalue weighted by Crippen LogP contribution is -2.20. The second-order valence-electron chi connectivity index (χ2n) is 6.05. The Labute approximate surface area is 98.2 Å². The van der Waals surface area contributed by atoms with Gasteiger partial charge in [0.1, 0.15) is 0 Å². The van der Waals surface area contributed by atoms with Gasteiger partial charge in [-0.2, -0.15) is 0 Å². The zero-order valence-electron chi connectivity index (χ0n) is 10.3. The second kappa shape index (κ2) is 3.73. The van der Waals surface area contributed by atoms with Gasteiger partial charge in [-0.15, -0.1) is 0 Å². The lowest BCUT2D eigenvalue weighted by molar-refractivity contribution is 0.156. The SMILES string of the molecule is C[C@H](O)[C@H](C)/C=C1\CC2CC1[C@H]1C=CC[C@@H]21. The fourth-order valence-electron chi connectivity index (χ4n) is 4.05. The predicted molar refractivity (Wildman–Crippen MR) is 65.9 cm³/mol. The molecule has 0 aliphatic heterocycles. The van der Waals surface area contributed by atoms with Gasteiger partial charge in [-0.1, -0.05) is 30.7 Å². The standard InChI is InChI=1S/C15H22O/c1-9(10(2)16)6-11-7-12-8-15(11)14-5-3-4-13(12)14/h3,5-6,9-10,12-16H,4,7-8H2,1-2H3/b11-6+/t9-,10+,12?,13+,14+,15?/m1/s1. The van der Waals surface area contributed by atoms with Gasteiger partial charge in [0.25, 0.3) is 0 Å². The van der Waals surface area contributed by atoms with Crippen LogP contribution in [0.3, 0.4) is 0 Å². The molecular weight excluding hydrogens is 196 g/mol. The summed E-state index contributed by atoms with van der Waals surface area (Å²) in [7, 11) is 0. The minimum atomic E-state index is -0.207. The van der Waals surface area contributed by atoms with Gasteiger partial charge in [-0.25, -0.2) is 0 Å². The molecule has 2 unspecified atom stereocenters. The van der Waals surface area contributed by atoms with Crippen LogP contribution in [0, 0.1) is 29.6 Å². The van der Waals surface area contributed by atoms with Crippen molar-refractivity contribution in [1.82, 2.24) is 0 Å². The summed E-state index contributed by atoms with van der Waals surface area (Å²) in [6.45, 7) is 4.03. The Bertz CT molecular complexity index is 339. The fourth-order valence-corrected chi connectivity index (χ4v) is 4.05. The van der Waals surface area contributed by atoms with E-state index in [1.165, 1.54) is 19.3 Å². The van der Waals surface area contributed by atoms with Crippen LogP contribution in [0.5, 0.6) is 0 Å². The molecule has 88 valence electrons. The van der Waals surface area contributed by atoms with E-state index in [-0.39, 0.29) is 6.10 Å². The Balaban J connectivity index is 1.79. The van der Waals surface area contributed by atoms with Crippen molar-refractivity contribution >= 4 is 0 Å². The molecule has 0 aromatic heterocycles.